The molecular formula is C12H23N5. The first kappa shape index (κ1) is 12.5. The SMILES string of the molecule is CNC(C)c1nnnn1C1CCCCC1(C)C. The summed E-state index contributed by atoms with van der Waals surface area (Å²) in [4.78, 5) is 0. The summed E-state index contributed by atoms with van der Waals surface area (Å²) >= 11 is 0. The number of nitrogens with one attached hydrogen (secondary N) is 1. The van der Waals surface area contributed by atoms with E-state index < -0.39 is 0 Å². The second kappa shape index (κ2) is 4.72. The Hall–Kier alpha value is -0.970. The summed E-state index contributed by atoms with van der Waals surface area (Å²) in [6.07, 6.45) is 5.04. The topological polar surface area (TPSA) is 55.6 Å². The Balaban J connectivity index is 2.29. The largest absolute Gasteiger partial charge is 0.311 e. The molecule has 5 nitrogen and oxygen atoms in total. The third kappa shape index (κ3) is 2.34. The molecular weight excluding hydrogens is 214 g/mol. The van der Waals surface area contributed by atoms with Crippen LogP contribution in [0, 0.1) is 5.41 Å². The van der Waals surface area contributed by atoms with Gasteiger partial charge in [-0.3, -0.25) is 0 Å². The van der Waals surface area contributed by atoms with Gasteiger partial charge in [-0.25, -0.2) is 4.68 Å². The van der Waals surface area contributed by atoms with E-state index in [0.717, 1.165) is 5.82 Å². The van der Waals surface area contributed by atoms with Gasteiger partial charge in [0.25, 0.3) is 0 Å². The maximum absolute atomic E-state index is 4.22. The molecule has 2 atom stereocenters. The molecule has 1 heterocycles. The van der Waals surface area contributed by atoms with Gasteiger partial charge in [-0.1, -0.05) is 26.7 Å². The van der Waals surface area contributed by atoms with Gasteiger partial charge in [-0.2, -0.15) is 0 Å². The van der Waals surface area contributed by atoms with Crippen LogP contribution in [0.5, 0.6) is 0 Å². The van der Waals surface area contributed by atoms with E-state index in [-0.39, 0.29) is 11.5 Å². The molecule has 1 aliphatic carbocycles. The second-order valence-electron chi connectivity index (χ2n) is 5.74. The molecule has 2 rings (SSSR count). The molecule has 0 radical (unpaired) electrons. The lowest BCUT2D eigenvalue weighted by molar-refractivity contribution is 0.126. The minimum absolute atomic E-state index is 0.197. The molecule has 0 saturated heterocycles. The van der Waals surface area contributed by atoms with Crippen molar-refractivity contribution in [1.29, 1.82) is 0 Å². The van der Waals surface area contributed by atoms with Gasteiger partial charge in [0.05, 0.1) is 12.1 Å². The summed E-state index contributed by atoms with van der Waals surface area (Å²) in [6.45, 7) is 6.75. The van der Waals surface area contributed by atoms with Crippen LogP contribution in [-0.4, -0.2) is 27.3 Å². The minimum Gasteiger partial charge on any atom is -0.311 e. The Morgan fingerprint density at radius 3 is 2.82 bits per heavy atom. The molecule has 96 valence electrons. The monoisotopic (exact) mass is 237 g/mol. The van der Waals surface area contributed by atoms with Crippen molar-refractivity contribution in [3.05, 3.63) is 5.82 Å². The molecule has 0 aromatic carbocycles. The van der Waals surface area contributed by atoms with Crippen LogP contribution in [0.25, 0.3) is 0 Å². The lowest BCUT2D eigenvalue weighted by atomic mass is 9.73. The van der Waals surface area contributed by atoms with Gasteiger partial charge >= 0.3 is 0 Å². The van der Waals surface area contributed by atoms with Gasteiger partial charge < -0.3 is 5.32 Å². The van der Waals surface area contributed by atoms with Gasteiger partial charge in [0.15, 0.2) is 5.82 Å². The summed E-state index contributed by atoms with van der Waals surface area (Å²) < 4.78 is 2.04. The average molecular weight is 237 g/mol. The Bertz CT molecular complexity index is 371. The van der Waals surface area contributed by atoms with Crippen molar-refractivity contribution in [3.63, 3.8) is 0 Å². The highest BCUT2D eigenvalue weighted by atomic mass is 15.6. The standard InChI is InChI=1S/C12H23N5/c1-9(13-4)11-14-15-16-17(11)10-7-5-6-8-12(10,2)3/h9-10,13H,5-8H2,1-4H3. The molecule has 0 bridgehead atoms. The highest BCUT2D eigenvalue weighted by Gasteiger charge is 2.36. The van der Waals surface area contributed by atoms with E-state index in [1.54, 1.807) is 0 Å². The van der Waals surface area contributed by atoms with E-state index in [1.807, 2.05) is 11.7 Å². The third-order valence-corrected chi connectivity index (χ3v) is 4.08. The maximum atomic E-state index is 4.22. The van der Waals surface area contributed by atoms with Gasteiger partial charge in [0.2, 0.25) is 0 Å². The van der Waals surface area contributed by atoms with Crippen LogP contribution in [0.1, 0.15) is 64.4 Å². The van der Waals surface area contributed by atoms with Crippen molar-refractivity contribution in [2.24, 2.45) is 5.41 Å². The zero-order valence-corrected chi connectivity index (χ0v) is 11.3. The van der Waals surface area contributed by atoms with Crippen molar-refractivity contribution in [3.8, 4) is 0 Å². The van der Waals surface area contributed by atoms with Crippen LogP contribution in [0.15, 0.2) is 0 Å². The van der Waals surface area contributed by atoms with E-state index in [1.165, 1.54) is 25.7 Å². The van der Waals surface area contributed by atoms with E-state index in [9.17, 15) is 0 Å². The molecule has 1 fully saturated rings. The van der Waals surface area contributed by atoms with E-state index in [2.05, 4.69) is 41.6 Å². The number of aromatic nitrogens is 4. The zero-order chi connectivity index (χ0) is 12.5. The predicted molar refractivity (Wildman–Crippen MR) is 66.6 cm³/mol. The van der Waals surface area contributed by atoms with Crippen molar-refractivity contribution in [2.45, 2.75) is 58.5 Å². The molecule has 0 spiro atoms. The lowest BCUT2D eigenvalue weighted by Gasteiger charge is -2.38. The molecule has 1 aromatic rings. The predicted octanol–water partition coefficient (Wildman–Crippen LogP) is 2.09. The molecule has 2 unspecified atom stereocenters. The van der Waals surface area contributed by atoms with Crippen molar-refractivity contribution in [2.75, 3.05) is 7.05 Å². The van der Waals surface area contributed by atoms with Gasteiger partial charge in [0, 0.05) is 0 Å². The van der Waals surface area contributed by atoms with E-state index >= 15 is 0 Å². The number of hydrogen-bond acceptors (Lipinski definition) is 4. The van der Waals surface area contributed by atoms with Crippen LogP contribution < -0.4 is 5.32 Å². The molecule has 0 aliphatic heterocycles. The summed E-state index contributed by atoms with van der Waals surface area (Å²) in [5.41, 5.74) is 0.288. The van der Waals surface area contributed by atoms with Crippen LogP contribution in [0.3, 0.4) is 0 Å². The smallest absolute Gasteiger partial charge is 0.168 e. The van der Waals surface area contributed by atoms with Crippen LogP contribution in [0.4, 0.5) is 0 Å². The average Bonchev–Trinajstić information content (AvgIpc) is 2.76. The quantitative estimate of drug-likeness (QED) is 0.874. The normalized spacial score (nSPS) is 25.8. The first-order valence-electron chi connectivity index (χ1n) is 6.51. The highest BCUT2D eigenvalue weighted by molar-refractivity contribution is 4.96. The number of tetrazole rings is 1. The number of nitrogens with zero attached hydrogens (tertiary/aromatic N) is 4. The Morgan fingerprint density at radius 2 is 2.18 bits per heavy atom. The van der Waals surface area contributed by atoms with Gasteiger partial charge in [-0.15, -0.1) is 5.10 Å². The fourth-order valence-electron chi connectivity index (χ4n) is 2.77. The molecule has 1 aromatic heterocycles. The lowest BCUT2D eigenvalue weighted by Crippen LogP contribution is -2.33. The third-order valence-electron chi connectivity index (χ3n) is 4.08. The molecule has 1 N–H and O–H groups in total. The number of hydrogen-bond donors (Lipinski definition) is 1. The van der Waals surface area contributed by atoms with Gasteiger partial charge in [0.1, 0.15) is 0 Å². The zero-order valence-electron chi connectivity index (χ0n) is 11.3. The second-order valence-corrected chi connectivity index (χ2v) is 5.74. The van der Waals surface area contributed by atoms with Crippen molar-refractivity contribution >= 4 is 0 Å². The fraction of sp³-hybridized carbons (Fsp3) is 0.917. The summed E-state index contributed by atoms with van der Waals surface area (Å²) in [5.74, 6) is 0.951. The fourth-order valence-corrected chi connectivity index (χ4v) is 2.77. The summed E-state index contributed by atoms with van der Waals surface area (Å²) in [5, 5.41) is 15.5. The molecule has 5 heteroatoms. The van der Waals surface area contributed by atoms with Crippen molar-refractivity contribution < 1.29 is 0 Å². The van der Waals surface area contributed by atoms with Crippen LogP contribution in [-0.2, 0) is 0 Å². The molecule has 1 saturated carbocycles. The Labute approximate surface area is 103 Å². The van der Waals surface area contributed by atoms with E-state index in [4.69, 9.17) is 0 Å². The maximum Gasteiger partial charge on any atom is 0.168 e. The number of rotatable bonds is 3. The first-order valence-corrected chi connectivity index (χ1v) is 6.51. The minimum atomic E-state index is 0.197. The Morgan fingerprint density at radius 1 is 1.41 bits per heavy atom. The molecule has 17 heavy (non-hydrogen) atoms. The first-order chi connectivity index (χ1) is 8.06. The highest BCUT2D eigenvalue weighted by Crippen LogP contribution is 2.43. The van der Waals surface area contributed by atoms with Crippen LogP contribution in [0.2, 0.25) is 0 Å². The van der Waals surface area contributed by atoms with E-state index in [0.29, 0.717) is 6.04 Å². The molecule has 0 amide bonds. The summed E-state index contributed by atoms with van der Waals surface area (Å²) in [6, 6.07) is 0.625. The summed E-state index contributed by atoms with van der Waals surface area (Å²) in [7, 11) is 1.94. The van der Waals surface area contributed by atoms with Crippen molar-refractivity contribution in [1.82, 2.24) is 25.5 Å². The van der Waals surface area contributed by atoms with Gasteiger partial charge in [-0.05, 0) is 42.7 Å². The Kier molecular flexibility index (Phi) is 3.47. The molecule has 1 aliphatic rings. The van der Waals surface area contributed by atoms with Crippen LogP contribution >= 0.6 is 0 Å².